The van der Waals surface area contributed by atoms with Gasteiger partial charge in [0.25, 0.3) is 11.8 Å². The Hall–Kier alpha value is -1.70. The number of rotatable bonds is 2. The third-order valence-corrected chi connectivity index (χ3v) is 1.15. The fraction of sp³-hybridized carbons (Fsp3) is 0.125. The zero-order valence-electron chi connectivity index (χ0n) is 6.35. The number of halogens is 3. The van der Waals surface area contributed by atoms with Crippen molar-refractivity contribution in [2.24, 2.45) is 0 Å². The lowest BCUT2D eigenvalue weighted by atomic mass is 10.4. The average Bonchev–Trinajstić information content (AvgIpc) is 2.09. The number of ether oxygens (including phenoxy) is 1. The van der Waals surface area contributed by atoms with Crippen LogP contribution in [0.5, 0.6) is 5.88 Å². The third kappa shape index (κ3) is 2.12. The van der Waals surface area contributed by atoms with E-state index >= 15 is 0 Å². The van der Waals surface area contributed by atoms with Gasteiger partial charge in [0.15, 0.2) is 18.2 Å². The molecule has 2 nitrogen and oxygen atoms in total. The molecule has 0 radical (unpaired) electrons. The van der Waals surface area contributed by atoms with Crippen LogP contribution in [0.25, 0.3) is 0 Å². The quantitative estimate of drug-likeness (QED) is 0.517. The maximum atomic E-state index is 12.7. The highest BCUT2D eigenvalue weighted by molar-refractivity contribution is 5.15. The molecule has 5 heteroatoms. The van der Waals surface area contributed by atoms with E-state index in [2.05, 4.69) is 9.72 Å². The Morgan fingerprint density at radius 1 is 1.38 bits per heavy atom. The van der Waals surface area contributed by atoms with Crippen molar-refractivity contribution in [1.82, 2.24) is 4.98 Å². The molecule has 0 atom stereocenters. The summed E-state index contributed by atoms with van der Waals surface area (Å²) in [5.41, 5.74) is 0. The predicted octanol–water partition coefficient (Wildman–Crippen LogP) is 1.51. The van der Waals surface area contributed by atoms with Gasteiger partial charge in [-0.05, 0) is 0 Å². The van der Waals surface area contributed by atoms with E-state index in [1.807, 2.05) is 5.92 Å². The van der Waals surface area contributed by atoms with Crippen molar-refractivity contribution in [3.8, 4) is 18.2 Å². The van der Waals surface area contributed by atoms with Gasteiger partial charge in [-0.25, -0.2) is 8.78 Å². The second kappa shape index (κ2) is 3.81. The van der Waals surface area contributed by atoms with Crippen molar-refractivity contribution in [2.45, 2.75) is 0 Å². The van der Waals surface area contributed by atoms with Crippen LogP contribution in [0.15, 0.2) is 6.07 Å². The Labute approximate surface area is 72.4 Å². The minimum absolute atomic E-state index is 0.255. The van der Waals surface area contributed by atoms with Crippen LogP contribution in [0.1, 0.15) is 0 Å². The summed E-state index contributed by atoms with van der Waals surface area (Å²) >= 11 is 0. The van der Waals surface area contributed by atoms with Crippen molar-refractivity contribution in [2.75, 3.05) is 6.61 Å². The fourth-order valence-electron chi connectivity index (χ4n) is 0.640. The molecule has 0 unspecified atom stereocenters. The molecule has 13 heavy (non-hydrogen) atoms. The van der Waals surface area contributed by atoms with Gasteiger partial charge >= 0.3 is 0 Å². The van der Waals surface area contributed by atoms with E-state index in [1.165, 1.54) is 0 Å². The molecule has 0 aliphatic heterocycles. The number of aromatic nitrogens is 1. The molecule has 0 fully saturated rings. The zero-order valence-corrected chi connectivity index (χ0v) is 6.35. The van der Waals surface area contributed by atoms with Crippen LogP contribution < -0.4 is 4.74 Å². The largest absolute Gasteiger partial charge is 0.462 e. The molecule has 0 saturated heterocycles. The molecule has 0 spiro atoms. The maximum Gasteiger partial charge on any atom is 0.254 e. The number of terminal acetylenes is 1. The predicted molar refractivity (Wildman–Crippen MR) is 38.4 cm³/mol. The van der Waals surface area contributed by atoms with Gasteiger partial charge < -0.3 is 4.74 Å². The van der Waals surface area contributed by atoms with Gasteiger partial charge in [-0.1, -0.05) is 5.92 Å². The molecule has 0 amide bonds. The molecule has 1 aromatic rings. The molecule has 1 aromatic heterocycles. The molecule has 1 heterocycles. The second-order valence-corrected chi connectivity index (χ2v) is 2.04. The standard InChI is InChI=1S/C8H4F3NO/c1-2-3-13-8-6(10)4-5(9)7(11)12-8/h1,4H,3H2. The van der Waals surface area contributed by atoms with Crippen molar-refractivity contribution in [3.63, 3.8) is 0 Å². The highest BCUT2D eigenvalue weighted by Crippen LogP contribution is 2.15. The normalized spacial score (nSPS) is 9.38. The molecule has 1 rings (SSSR count). The summed E-state index contributed by atoms with van der Waals surface area (Å²) < 4.78 is 41.9. The Kier molecular flexibility index (Phi) is 2.75. The molecule has 0 aliphatic rings. The van der Waals surface area contributed by atoms with Crippen LogP contribution in [0, 0.1) is 29.9 Å². The van der Waals surface area contributed by atoms with Crippen LogP contribution in [0.3, 0.4) is 0 Å². The van der Waals surface area contributed by atoms with Gasteiger partial charge in [0.2, 0.25) is 0 Å². The van der Waals surface area contributed by atoms with Crippen LogP contribution in [0.2, 0.25) is 0 Å². The van der Waals surface area contributed by atoms with Gasteiger partial charge in [-0.3, -0.25) is 0 Å². The Balaban J connectivity index is 2.96. The van der Waals surface area contributed by atoms with E-state index in [4.69, 9.17) is 6.42 Å². The first kappa shape index (κ1) is 9.39. The summed E-state index contributed by atoms with van der Waals surface area (Å²) in [6.07, 6.45) is 4.80. The van der Waals surface area contributed by atoms with Crippen molar-refractivity contribution in [3.05, 3.63) is 23.6 Å². The van der Waals surface area contributed by atoms with E-state index in [-0.39, 0.29) is 6.61 Å². The van der Waals surface area contributed by atoms with E-state index < -0.39 is 23.5 Å². The third-order valence-electron chi connectivity index (χ3n) is 1.15. The van der Waals surface area contributed by atoms with Crippen LogP contribution in [0.4, 0.5) is 13.2 Å². The monoisotopic (exact) mass is 187 g/mol. The smallest absolute Gasteiger partial charge is 0.254 e. The number of nitrogens with zero attached hydrogens (tertiary/aromatic N) is 1. The van der Waals surface area contributed by atoms with Crippen molar-refractivity contribution in [1.29, 1.82) is 0 Å². The molecule has 0 saturated carbocycles. The Morgan fingerprint density at radius 3 is 2.69 bits per heavy atom. The van der Waals surface area contributed by atoms with Crippen LogP contribution in [-0.2, 0) is 0 Å². The molecular formula is C8H4F3NO. The summed E-state index contributed by atoms with van der Waals surface area (Å²) in [6, 6.07) is 0.341. The summed E-state index contributed by atoms with van der Waals surface area (Å²) in [5.74, 6) is -2.49. The average molecular weight is 187 g/mol. The van der Waals surface area contributed by atoms with Gasteiger partial charge in [0.1, 0.15) is 0 Å². The Morgan fingerprint density at radius 2 is 2.08 bits per heavy atom. The summed E-state index contributed by atoms with van der Waals surface area (Å²) in [4.78, 5) is 2.88. The van der Waals surface area contributed by atoms with Crippen LogP contribution in [-0.4, -0.2) is 11.6 Å². The molecule has 0 bridgehead atoms. The SMILES string of the molecule is C#CCOc1nc(F)c(F)cc1F. The fourth-order valence-corrected chi connectivity index (χ4v) is 0.640. The molecule has 0 aromatic carbocycles. The molecule has 0 aliphatic carbocycles. The summed E-state index contributed by atoms with van der Waals surface area (Å²) in [7, 11) is 0. The van der Waals surface area contributed by atoms with Gasteiger partial charge in [0, 0.05) is 6.07 Å². The lowest BCUT2D eigenvalue weighted by Crippen LogP contribution is -2.02. The topological polar surface area (TPSA) is 22.1 Å². The first-order valence-electron chi connectivity index (χ1n) is 3.23. The van der Waals surface area contributed by atoms with Gasteiger partial charge in [-0.2, -0.15) is 9.37 Å². The van der Waals surface area contributed by atoms with Gasteiger partial charge in [0.05, 0.1) is 0 Å². The first-order valence-corrected chi connectivity index (χ1v) is 3.23. The highest BCUT2D eigenvalue weighted by Gasteiger charge is 2.11. The lowest BCUT2D eigenvalue weighted by molar-refractivity contribution is 0.318. The maximum absolute atomic E-state index is 12.7. The lowest BCUT2D eigenvalue weighted by Gasteiger charge is -2.02. The summed E-state index contributed by atoms with van der Waals surface area (Å²) in [5, 5.41) is 0. The minimum Gasteiger partial charge on any atom is -0.462 e. The van der Waals surface area contributed by atoms with E-state index in [9.17, 15) is 13.2 Å². The van der Waals surface area contributed by atoms with Gasteiger partial charge in [-0.15, -0.1) is 6.42 Å². The van der Waals surface area contributed by atoms with E-state index in [0.717, 1.165) is 0 Å². The highest BCUT2D eigenvalue weighted by atomic mass is 19.2. The van der Waals surface area contributed by atoms with Crippen molar-refractivity contribution < 1.29 is 17.9 Å². The molecular weight excluding hydrogens is 183 g/mol. The van der Waals surface area contributed by atoms with Crippen LogP contribution >= 0.6 is 0 Å². The molecule has 68 valence electrons. The Bertz CT molecular complexity index is 359. The number of pyridine rings is 1. The molecule has 0 N–H and O–H groups in total. The number of hydrogen-bond acceptors (Lipinski definition) is 2. The van der Waals surface area contributed by atoms with E-state index in [1.54, 1.807) is 0 Å². The first-order chi connectivity index (χ1) is 6.15. The summed E-state index contributed by atoms with van der Waals surface area (Å²) in [6.45, 7) is -0.255. The van der Waals surface area contributed by atoms with Crippen molar-refractivity contribution >= 4 is 0 Å². The van der Waals surface area contributed by atoms with E-state index in [0.29, 0.717) is 6.07 Å². The second-order valence-electron chi connectivity index (χ2n) is 2.04. The number of hydrogen-bond donors (Lipinski definition) is 0. The zero-order chi connectivity index (χ0) is 9.84. The minimum atomic E-state index is -1.42.